The normalized spacial score (nSPS) is 14.8. The Balaban J connectivity index is 1.65. The average molecular weight is 501 g/mol. The molecular formula is C27H24N4O4S. The lowest BCUT2D eigenvalue weighted by atomic mass is 10.00. The van der Waals surface area contributed by atoms with E-state index in [0.717, 1.165) is 27.8 Å². The topological polar surface area (TPSA) is 110 Å². The van der Waals surface area contributed by atoms with Crippen LogP contribution in [0.4, 0.5) is 5.95 Å². The highest BCUT2D eigenvalue weighted by molar-refractivity contribution is 7.92. The van der Waals surface area contributed by atoms with Crippen molar-refractivity contribution in [1.82, 2.24) is 15.3 Å². The molecule has 5 rings (SSSR count). The van der Waals surface area contributed by atoms with Gasteiger partial charge in [-0.05, 0) is 54.3 Å². The maximum absolute atomic E-state index is 13.2. The molecule has 0 saturated carbocycles. The van der Waals surface area contributed by atoms with Crippen molar-refractivity contribution in [3.63, 3.8) is 0 Å². The van der Waals surface area contributed by atoms with Gasteiger partial charge in [0.1, 0.15) is 6.61 Å². The van der Waals surface area contributed by atoms with Gasteiger partial charge in [0, 0.05) is 23.7 Å². The van der Waals surface area contributed by atoms with E-state index in [-0.39, 0.29) is 41.3 Å². The molecule has 1 aliphatic heterocycles. The van der Waals surface area contributed by atoms with Crippen LogP contribution in [0.3, 0.4) is 0 Å². The number of hydrogen-bond acceptors (Lipinski definition) is 6. The Morgan fingerprint density at radius 2 is 1.58 bits per heavy atom. The third kappa shape index (κ3) is 4.92. The zero-order chi connectivity index (χ0) is 25.3. The second-order valence-corrected chi connectivity index (χ2v) is 10.3. The highest BCUT2D eigenvalue weighted by Gasteiger charge is 2.20. The standard InChI is InChI=1S/C27H24N4O4S/c1-17-6-3-7-18(2)25(17)23-14-24-30-27(29-23)31-36(33,34)22-11-5-10-21(13-22)26(32)28-15-19-8-4-9-20(12-19)16-35-24/h3-14H,15-16H2,1-2H3,(H,28,32)(H,29,30,31). The van der Waals surface area contributed by atoms with Gasteiger partial charge in [-0.2, -0.15) is 4.98 Å². The van der Waals surface area contributed by atoms with Crippen LogP contribution in [0.5, 0.6) is 5.88 Å². The van der Waals surface area contributed by atoms with Crippen LogP contribution in [-0.4, -0.2) is 24.3 Å². The zero-order valence-corrected chi connectivity index (χ0v) is 20.6. The fourth-order valence-electron chi connectivity index (χ4n) is 4.15. The second kappa shape index (κ2) is 9.43. The van der Waals surface area contributed by atoms with Crippen LogP contribution < -0.4 is 14.8 Å². The smallest absolute Gasteiger partial charge is 0.264 e. The van der Waals surface area contributed by atoms with Gasteiger partial charge in [0.25, 0.3) is 15.9 Å². The Morgan fingerprint density at radius 3 is 2.39 bits per heavy atom. The van der Waals surface area contributed by atoms with Crippen LogP contribution in [0.2, 0.25) is 0 Å². The summed E-state index contributed by atoms with van der Waals surface area (Å²) in [6, 6.07) is 21.1. The molecule has 0 atom stereocenters. The molecule has 0 aliphatic carbocycles. The first-order valence-electron chi connectivity index (χ1n) is 11.4. The molecule has 1 aliphatic rings. The van der Waals surface area contributed by atoms with Crippen molar-refractivity contribution in [2.24, 2.45) is 0 Å². The number of carbonyl (C=O) groups excluding carboxylic acids is 1. The Hall–Kier alpha value is -4.24. The number of sulfonamides is 1. The number of benzene rings is 3. The molecule has 3 aromatic carbocycles. The van der Waals surface area contributed by atoms with Crippen LogP contribution in [-0.2, 0) is 23.2 Å². The van der Waals surface area contributed by atoms with Gasteiger partial charge in [0.2, 0.25) is 11.8 Å². The number of amides is 1. The van der Waals surface area contributed by atoms with Gasteiger partial charge in [0.05, 0.1) is 10.6 Å². The van der Waals surface area contributed by atoms with Crippen LogP contribution in [0.1, 0.15) is 32.6 Å². The molecule has 0 spiro atoms. The number of carbonyl (C=O) groups is 1. The Morgan fingerprint density at radius 1 is 0.861 bits per heavy atom. The Labute approximate surface area is 209 Å². The first-order chi connectivity index (χ1) is 17.3. The van der Waals surface area contributed by atoms with E-state index in [0.29, 0.717) is 5.69 Å². The molecule has 8 nitrogen and oxygen atoms in total. The Kier molecular flexibility index (Phi) is 6.15. The van der Waals surface area contributed by atoms with Crippen molar-refractivity contribution in [3.8, 4) is 17.1 Å². The van der Waals surface area contributed by atoms with Gasteiger partial charge in [0.15, 0.2) is 0 Å². The number of fused-ring (bicyclic) bond motifs is 6. The number of ether oxygens (including phenoxy) is 1. The van der Waals surface area contributed by atoms with Crippen molar-refractivity contribution >= 4 is 21.9 Å². The van der Waals surface area contributed by atoms with Gasteiger partial charge in [-0.3, -0.25) is 4.79 Å². The highest BCUT2D eigenvalue weighted by atomic mass is 32.2. The molecule has 36 heavy (non-hydrogen) atoms. The molecule has 1 aromatic heterocycles. The summed E-state index contributed by atoms with van der Waals surface area (Å²) in [4.78, 5) is 21.5. The lowest BCUT2D eigenvalue weighted by Gasteiger charge is -2.15. The molecule has 0 saturated heterocycles. The minimum absolute atomic E-state index is 0.0761. The summed E-state index contributed by atoms with van der Waals surface area (Å²) in [5.41, 5.74) is 5.39. The van der Waals surface area contributed by atoms with E-state index in [4.69, 9.17) is 4.74 Å². The van der Waals surface area contributed by atoms with E-state index in [2.05, 4.69) is 20.0 Å². The summed E-state index contributed by atoms with van der Waals surface area (Å²) < 4.78 is 34.9. The molecule has 0 fully saturated rings. The summed E-state index contributed by atoms with van der Waals surface area (Å²) in [5.74, 6) is -0.267. The van der Waals surface area contributed by atoms with Crippen LogP contribution in [0, 0.1) is 13.8 Å². The lowest BCUT2D eigenvalue weighted by molar-refractivity contribution is 0.0950. The fraction of sp³-hybridized carbons (Fsp3) is 0.148. The number of aromatic nitrogens is 2. The Bertz CT molecular complexity index is 1560. The molecule has 9 heteroatoms. The third-order valence-electron chi connectivity index (χ3n) is 5.90. The quantitative estimate of drug-likeness (QED) is 0.401. The summed E-state index contributed by atoms with van der Waals surface area (Å²) in [7, 11) is -4.09. The summed E-state index contributed by atoms with van der Waals surface area (Å²) in [6.45, 7) is 4.43. The van der Waals surface area contributed by atoms with Crippen molar-refractivity contribution in [3.05, 3.63) is 101 Å². The van der Waals surface area contributed by atoms with Crippen molar-refractivity contribution in [1.29, 1.82) is 0 Å². The number of anilines is 1. The average Bonchev–Trinajstić information content (AvgIpc) is 2.85. The maximum Gasteiger partial charge on any atom is 0.264 e. The lowest BCUT2D eigenvalue weighted by Crippen LogP contribution is -2.23. The van der Waals surface area contributed by atoms with E-state index in [1.54, 1.807) is 12.1 Å². The van der Waals surface area contributed by atoms with Crippen molar-refractivity contribution in [2.75, 3.05) is 4.72 Å². The summed E-state index contributed by atoms with van der Waals surface area (Å²) >= 11 is 0. The number of nitrogens with zero attached hydrogens (tertiary/aromatic N) is 2. The van der Waals surface area contributed by atoms with Crippen LogP contribution in [0.25, 0.3) is 11.3 Å². The van der Waals surface area contributed by atoms with E-state index in [9.17, 15) is 13.2 Å². The molecular weight excluding hydrogens is 476 g/mol. The second-order valence-electron chi connectivity index (χ2n) is 8.61. The van der Waals surface area contributed by atoms with Crippen molar-refractivity contribution < 1.29 is 17.9 Å². The van der Waals surface area contributed by atoms with Gasteiger partial charge < -0.3 is 10.1 Å². The van der Waals surface area contributed by atoms with E-state index in [1.807, 2.05) is 56.3 Å². The minimum Gasteiger partial charge on any atom is -0.473 e. The predicted molar refractivity (Wildman–Crippen MR) is 136 cm³/mol. The number of nitrogens with one attached hydrogen (secondary N) is 2. The highest BCUT2D eigenvalue weighted by Crippen LogP contribution is 2.29. The SMILES string of the molecule is Cc1cccc(C)c1-c1cc2nc(n1)NS(=O)(=O)c1cccc(c1)C(=O)NCc1cccc(c1)CO2. The largest absolute Gasteiger partial charge is 0.473 e. The summed E-state index contributed by atoms with van der Waals surface area (Å²) in [6.07, 6.45) is 0. The third-order valence-corrected chi connectivity index (χ3v) is 7.23. The van der Waals surface area contributed by atoms with Gasteiger partial charge in [-0.25, -0.2) is 18.1 Å². The number of rotatable bonds is 1. The van der Waals surface area contributed by atoms with Gasteiger partial charge in [-0.1, -0.05) is 48.5 Å². The van der Waals surface area contributed by atoms with Crippen LogP contribution in [0.15, 0.2) is 77.7 Å². The maximum atomic E-state index is 13.2. The summed E-state index contributed by atoms with van der Waals surface area (Å²) in [5, 5.41) is 2.83. The van der Waals surface area contributed by atoms with E-state index >= 15 is 0 Å². The molecule has 0 unspecified atom stereocenters. The molecule has 2 heterocycles. The molecule has 2 N–H and O–H groups in total. The van der Waals surface area contributed by atoms with Gasteiger partial charge in [-0.15, -0.1) is 0 Å². The zero-order valence-electron chi connectivity index (χ0n) is 19.8. The van der Waals surface area contributed by atoms with Gasteiger partial charge >= 0.3 is 0 Å². The van der Waals surface area contributed by atoms with Crippen LogP contribution >= 0.6 is 0 Å². The number of aryl methyl sites for hydroxylation is 2. The minimum atomic E-state index is -4.09. The van der Waals surface area contributed by atoms with E-state index in [1.165, 1.54) is 18.2 Å². The molecule has 6 bridgehead atoms. The fourth-order valence-corrected chi connectivity index (χ4v) is 5.14. The molecule has 4 aromatic rings. The predicted octanol–water partition coefficient (Wildman–Crippen LogP) is 4.38. The monoisotopic (exact) mass is 500 g/mol. The first-order valence-corrected chi connectivity index (χ1v) is 12.8. The molecule has 182 valence electrons. The number of hydrogen-bond donors (Lipinski definition) is 2. The first kappa shape index (κ1) is 23.5. The van der Waals surface area contributed by atoms with Crippen molar-refractivity contribution in [2.45, 2.75) is 31.9 Å². The van der Waals surface area contributed by atoms with E-state index < -0.39 is 10.0 Å². The molecule has 1 amide bonds. The molecule has 0 radical (unpaired) electrons.